The molecule has 0 amide bonds. The zero-order valence-corrected chi connectivity index (χ0v) is 10.4. The smallest absolute Gasteiger partial charge is 0.0208 e. The monoisotopic (exact) mass is 273 g/mol. The van der Waals surface area contributed by atoms with Gasteiger partial charge < -0.3 is 5.32 Å². The Morgan fingerprint density at radius 3 is 2.64 bits per heavy atom. The Kier molecular flexibility index (Phi) is 5.23. The minimum Gasteiger partial charge on any atom is -0.309 e. The molecule has 1 aromatic rings. The normalized spacial score (nSPS) is 11.8. The summed E-state index contributed by atoms with van der Waals surface area (Å²) < 4.78 is 1.11. The second-order valence-corrected chi connectivity index (χ2v) is 4.32. The molecule has 14 heavy (non-hydrogen) atoms. The van der Waals surface area contributed by atoms with Crippen LogP contribution in [0.25, 0.3) is 0 Å². The average Bonchev–Trinajstić information content (AvgIpc) is 2.21. The molecule has 0 bridgehead atoms. The Morgan fingerprint density at radius 2 is 2.07 bits per heavy atom. The van der Waals surface area contributed by atoms with Gasteiger partial charge in [-0.2, -0.15) is 0 Å². The van der Waals surface area contributed by atoms with Gasteiger partial charge in [-0.05, 0) is 30.2 Å². The molecule has 1 aromatic carbocycles. The summed E-state index contributed by atoms with van der Waals surface area (Å²) in [6.07, 6.45) is 0. The molecule has 1 rings (SSSR count). The van der Waals surface area contributed by atoms with Gasteiger partial charge in [0.1, 0.15) is 0 Å². The van der Waals surface area contributed by atoms with Gasteiger partial charge in [-0.3, -0.25) is 0 Å². The van der Waals surface area contributed by atoms with Crippen molar-refractivity contribution < 1.29 is 0 Å². The number of benzene rings is 1. The van der Waals surface area contributed by atoms with Crippen molar-refractivity contribution >= 4 is 27.5 Å². The molecule has 0 aromatic heterocycles. The maximum absolute atomic E-state index is 5.55. The molecule has 0 atom stereocenters. The molecule has 0 unspecified atom stereocenters. The second kappa shape index (κ2) is 6.23. The SMILES string of the molecule is C/C(=C/Cl)CNCc1ccc(Br)cc1. The lowest BCUT2D eigenvalue weighted by Crippen LogP contribution is -2.15. The minimum absolute atomic E-state index is 0.833. The van der Waals surface area contributed by atoms with E-state index in [0.717, 1.165) is 23.1 Å². The van der Waals surface area contributed by atoms with Crippen molar-refractivity contribution in [2.75, 3.05) is 6.54 Å². The molecular formula is C11H13BrClN. The molecule has 0 saturated carbocycles. The standard InChI is InChI=1S/C11H13BrClN/c1-9(6-13)7-14-8-10-2-4-11(12)5-3-10/h2-6,14H,7-8H2,1H3/b9-6-. The van der Waals surface area contributed by atoms with Crippen LogP contribution < -0.4 is 5.32 Å². The van der Waals surface area contributed by atoms with Gasteiger partial charge in [-0.1, -0.05) is 39.7 Å². The van der Waals surface area contributed by atoms with Crippen molar-refractivity contribution in [1.82, 2.24) is 5.32 Å². The maximum atomic E-state index is 5.55. The molecule has 0 saturated heterocycles. The van der Waals surface area contributed by atoms with E-state index >= 15 is 0 Å². The second-order valence-electron chi connectivity index (χ2n) is 3.19. The Hall–Kier alpha value is -0.310. The van der Waals surface area contributed by atoms with Gasteiger partial charge in [0, 0.05) is 23.1 Å². The first-order valence-electron chi connectivity index (χ1n) is 4.43. The van der Waals surface area contributed by atoms with Gasteiger partial charge in [-0.25, -0.2) is 0 Å². The summed E-state index contributed by atoms with van der Waals surface area (Å²) >= 11 is 8.95. The van der Waals surface area contributed by atoms with Gasteiger partial charge in [0.25, 0.3) is 0 Å². The minimum atomic E-state index is 0.833. The van der Waals surface area contributed by atoms with E-state index in [4.69, 9.17) is 11.6 Å². The van der Waals surface area contributed by atoms with Crippen LogP contribution in [0, 0.1) is 0 Å². The number of hydrogen-bond donors (Lipinski definition) is 1. The third kappa shape index (κ3) is 4.27. The van der Waals surface area contributed by atoms with E-state index in [1.165, 1.54) is 5.56 Å². The maximum Gasteiger partial charge on any atom is 0.0208 e. The molecule has 0 aliphatic rings. The largest absolute Gasteiger partial charge is 0.309 e. The molecule has 0 radical (unpaired) electrons. The van der Waals surface area contributed by atoms with E-state index in [1.54, 1.807) is 5.54 Å². The molecule has 0 aliphatic heterocycles. The van der Waals surface area contributed by atoms with Gasteiger partial charge in [0.05, 0.1) is 0 Å². The van der Waals surface area contributed by atoms with Crippen LogP contribution in [0.2, 0.25) is 0 Å². The Labute approximate surface area is 98.3 Å². The van der Waals surface area contributed by atoms with Gasteiger partial charge in [0.2, 0.25) is 0 Å². The van der Waals surface area contributed by atoms with Crippen molar-refractivity contribution in [2.24, 2.45) is 0 Å². The summed E-state index contributed by atoms with van der Waals surface area (Å²) in [6, 6.07) is 8.27. The zero-order chi connectivity index (χ0) is 10.4. The van der Waals surface area contributed by atoms with E-state index < -0.39 is 0 Å². The highest BCUT2D eigenvalue weighted by molar-refractivity contribution is 9.10. The highest BCUT2D eigenvalue weighted by atomic mass is 79.9. The summed E-state index contributed by atoms with van der Waals surface area (Å²) in [5, 5.41) is 3.30. The summed E-state index contributed by atoms with van der Waals surface area (Å²) in [7, 11) is 0. The summed E-state index contributed by atoms with van der Waals surface area (Å²) in [4.78, 5) is 0. The summed E-state index contributed by atoms with van der Waals surface area (Å²) in [5.41, 5.74) is 4.02. The molecule has 0 spiro atoms. The third-order valence-corrected chi connectivity index (χ3v) is 2.73. The van der Waals surface area contributed by atoms with Crippen molar-refractivity contribution in [3.05, 3.63) is 45.4 Å². The fraction of sp³-hybridized carbons (Fsp3) is 0.273. The van der Waals surface area contributed by atoms with Crippen molar-refractivity contribution in [2.45, 2.75) is 13.5 Å². The van der Waals surface area contributed by atoms with Crippen LogP contribution in [-0.4, -0.2) is 6.54 Å². The first kappa shape index (κ1) is 11.8. The van der Waals surface area contributed by atoms with Crippen LogP contribution in [0.5, 0.6) is 0 Å². The van der Waals surface area contributed by atoms with Crippen LogP contribution in [0.4, 0.5) is 0 Å². The molecule has 3 heteroatoms. The lowest BCUT2D eigenvalue weighted by atomic mass is 10.2. The van der Waals surface area contributed by atoms with E-state index in [-0.39, 0.29) is 0 Å². The third-order valence-electron chi connectivity index (χ3n) is 1.83. The van der Waals surface area contributed by atoms with E-state index in [1.807, 2.05) is 19.1 Å². The van der Waals surface area contributed by atoms with Crippen LogP contribution in [0.3, 0.4) is 0 Å². The fourth-order valence-electron chi connectivity index (χ4n) is 1.04. The highest BCUT2D eigenvalue weighted by Crippen LogP contribution is 2.10. The van der Waals surface area contributed by atoms with E-state index in [9.17, 15) is 0 Å². The van der Waals surface area contributed by atoms with Crippen LogP contribution in [0.15, 0.2) is 39.8 Å². The topological polar surface area (TPSA) is 12.0 Å². The van der Waals surface area contributed by atoms with Crippen LogP contribution in [0.1, 0.15) is 12.5 Å². The van der Waals surface area contributed by atoms with Crippen molar-refractivity contribution in [3.8, 4) is 0 Å². The first-order valence-corrected chi connectivity index (χ1v) is 5.66. The molecule has 0 aliphatic carbocycles. The molecule has 0 heterocycles. The molecule has 1 N–H and O–H groups in total. The van der Waals surface area contributed by atoms with Crippen molar-refractivity contribution in [1.29, 1.82) is 0 Å². The molecule has 76 valence electrons. The average molecular weight is 275 g/mol. The fourth-order valence-corrected chi connectivity index (χ4v) is 1.39. The molecule has 1 nitrogen and oxygen atoms in total. The Balaban J connectivity index is 2.35. The number of nitrogens with one attached hydrogen (secondary N) is 1. The molecular weight excluding hydrogens is 261 g/mol. The van der Waals surface area contributed by atoms with E-state index in [0.29, 0.717) is 0 Å². The number of halogens is 2. The number of rotatable bonds is 4. The van der Waals surface area contributed by atoms with Gasteiger partial charge in [0.15, 0.2) is 0 Å². The lowest BCUT2D eigenvalue weighted by Gasteiger charge is -2.04. The van der Waals surface area contributed by atoms with E-state index in [2.05, 4.69) is 33.4 Å². The van der Waals surface area contributed by atoms with Gasteiger partial charge in [-0.15, -0.1) is 0 Å². The number of hydrogen-bond acceptors (Lipinski definition) is 1. The lowest BCUT2D eigenvalue weighted by molar-refractivity contribution is 0.740. The van der Waals surface area contributed by atoms with Gasteiger partial charge >= 0.3 is 0 Å². The van der Waals surface area contributed by atoms with Crippen LogP contribution in [-0.2, 0) is 6.54 Å². The Bertz CT molecular complexity index is 306. The van der Waals surface area contributed by atoms with Crippen molar-refractivity contribution in [3.63, 3.8) is 0 Å². The predicted molar refractivity (Wildman–Crippen MR) is 65.5 cm³/mol. The highest BCUT2D eigenvalue weighted by Gasteiger charge is 1.93. The Morgan fingerprint density at radius 1 is 1.43 bits per heavy atom. The zero-order valence-electron chi connectivity index (χ0n) is 8.06. The predicted octanol–water partition coefficient (Wildman–Crippen LogP) is 3.68. The quantitative estimate of drug-likeness (QED) is 0.883. The first-order chi connectivity index (χ1) is 6.72. The summed E-state index contributed by atoms with van der Waals surface area (Å²) in [5.74, 6) is 0. The van der Waals surface area contributed by atoms with Crippen LogP contribution >= 0.6 is 27.5 Å². The molecule has 0 fully saturated rings. The summed E-state index contributed by atoms with van der Waals surface area (Å²) in [6.45, 7) is 3.70.